The Labute approximate surface area is 167 Å². The van der Waals surface area contributed by atoms with E-state index in [0.717, 1.165) is 31.2 Å². The van der Waals surface area contributed by atoms with E-state index in [0.29, 0.717) is 6.54 Å². The zero-order chi connectivity index (χ0) is 19.2. The molecule has 0 heterocycles. The molecule has 0 bridgehead atoms. The molecule has 27 heavy (non-hydrogen) atoms. The number of nitrogens with one attached hydrogen (secondary N) is 2. The van der Waals surface area contributed by atoms with E-state index in [-0.39, 0.29) is 47.9 Å². The highest BCUT2D eigenvalue weighted by Gasteiger charge is 2.34. The quantitative estimate of drug-likeness (QED) is 0.659. The second-order valence-electron chi connectivity index (χ2n) is 7.61. The van der Waals surface area contributed by atoms with Gasteiger partial charge >= 0.3 is 0 Å². The van der Waals surface area contributed by atoms with Crippen molar-refractivity contribution < 1.29 is 14.0 Å². The molecule has 0 radical (unpaired) electrons. The zero-order valence-electron chi connectivity index (χ0n) is 16.1. The van der Waals surface area contributed by atoms with E-state index in [9.17, 15) is 14.0 Å². The molecule has 0 unspecified atom stereocenters. The van der Waals surface area contributed by atoms with Gasteiger partial charge in [-0.05, 0) is 36.5 Å². The predicted octanol–water partition coefficient (Wildman–Crippen LogP) is 2.67. The zero-order valence-corrected chi connectivity index (χ0v) is 16.9. The molecule has 2 amide bonds. The van der Waals surface area contributed by atoms with Gasteiger partial charge in [0.1, 0.15) is 5.82 Å². The summed E-state index contributed by atoms with van der Waals surface area (Å²) in [6, 6.07) is 5.96. The van der Waals surface area contributed by atoms with Gasteiger partial charge in [-0.1, -0.05) is 45.2 Å². The predicted molar refractivity (Wildman–Crippen MR) is 107 cm³/mol. The fourth-order valence-electron chi connectivity index (χ4n) is 3.52. The summed E-state index contributed by atoms with van der Waals surface area (Å²) < 4.78 is 13.3. The number of hydrogen-bond acceptors (Lipinski definition) is 3. The lowest BCUT2D eigenvalue weighted by atomic mass is 9.69. The largest absolute Gasteiger partial charge is 0.354 e. The molecule has 1 aromatic carbocycles. The van der Waals surface area contributed by atoms with E-state index in [2.05, 4.69) is 10.6 Å². The second kappa shape index (κ2) is 10.6. The lowest BCUT2D eigenvalue weighted by Gasteiger charge is -2.38. The first-order valence-electron chi connectivity index (χ1n) is 9.40. The van der Waals surface area contributed by atoms with Gasteiger partial charge in [-0.25, -0.2) is 4.39 Å². The summed E-state index contributed by atoms with van der Waals surface area (Å²) >= 11 is 0. The van der Waals surface area contributed by atoms with Gasteiger partial charge in [-0.15, -0.1) is 12.4 Å². The van der Waals surface area contributed by atoms with Gasteiger partial charge in [0.2, 0.25) is 11.8 Å². The van der Waals surface area contributed by atoms with Gasteiger partial charge in [0.25, 0.3) is 0 Å². The van der Waals surface area contributed by atoms with Crippen molar-refractivity contribution in [3.05, 3.63) is 35.6 Å². The van der Waals surface area contributed by atoms with Crippen molar-refractivity contribution in [1.29, 1.82) is 0 Å². The Kier molecular flexibility index (Phi) is 9.19. The number of nitrogens with two attached hydrogens (primary N) is 1. The minimum atomic E-state index is -0.619. The van der Waals surface area contributed by atoms with Crippen LogP contribution in [0.25, 0.3) is 0 Å². The van der Waals surface area contributed by atoms with Crippen molar-refractivity contribution in [3.63, 3.8) is 0 Å². The van der Waals surface area contributed by atoms with Crippen LogP contribution in [0.5, 0.6) is 0 Å². The molecular weight excluding hydrogens is 369 g/mol. The van der Waals surface area contributed by atoms with Crippen LogP contribution < -0.4 is 16.4 Å². The molecule has 0 aromatic heterocycles. The molecule has 1 aliphatic carbocycles. The van der Waals surface area contributed by atoms with Crippen LogP contribution in [-0.2, 0) is 15.0 Å². The monoisotopic (exact) mass is 399 g/mol. The van der Waals surface area contributed by atoms with Crippen LogP contribution in [0.4, 0.5) is 4.39 Å². The highest BCUT2D eigenvalue weighted by Crippen LogP contribution is 2.39. The van der Waals surface area contributed by atoms with Crippen LogP contribution in [-0.4, -0.2) is 30.9 Å². The summed E-state index contributed by atoms with van der Waals surface area (Å²) in [5, 5.41) is 5.53. The molecule has 1 saturated carbocycles. The molecule has 1 aliphatic rings. The third-order valence-electron chi connectivity index (χ3n) is 5.34. The van der Waals surface area contributed by atoms with Gasteiger partial charge in [-0.3, -0.25) is 9.59 Å². The number of rotatable bonds is 7. The normalized spacial score (nSPS) is 16.9. The Morgan fingerprint density at radius 3 is 2.26 bits per heavy atom. The topological polar surface area (TPSA) is 84.2 Å². The standard InChI is InChI=1S/C20H30FN3O2.ClH/c1-14(2)18(22)19(26)23-12-17(25)24-13-20(10-4-3-5-11-20)15-6-8-16(21)9-7-15;/h6-9,14,18H,3-5,10-13,22H2,1-2H3,(H,23,26)(H,24,25);1H/t18-;/m0./s1. The minimum Gasteiger partial charge on any atom is -0.354 e. The lowest BCUT2D eigenvalue weighted by molar-refractivity contribution is -0.127. The van der Waals surface area contributed by atoms with E-state index in [4.69, 9.17) is 5.73 Å². The molecular formula is C20H31ClFN3O2. The summed E-state index contributed by atoms with van der Waals surface area (Å²) in [7, 11) is 0. The number of carbonyl (C=O) groups is 2. The number of benzene rings is 1. The van der Waals surface area contributed by atoms with E-state index in [1.165, 1.54) is 18.6 Å². The van der Waals surface area contributed by atoms with Gasteiger partial charge < -0.3 is 16.4 Å². The van der Waals surface area contributed by atoms with Crippen molar-refractivity contribution in [3.8, 4) is 0 Å². The molecule has 2 rings (SSSR count). The molecule has 152 valence electrons. The highest BCUT2D eigenvalue weighted by atomic mass is 35.5. The molecule has 1 atom stereocenters. The van der Waals surface area contributed by atoms with Crippen molar-refractivity contribution in [1.82, 2.24) is 10.6 Å². The summed E-state index contributed by atoms with van der Waals surface area (Å²) in [5.41, 5.74) is 6.67. The first-order valence-corrected chi connectivity index (χ1v) is 9.40. The lowest BCUT2D eigenvalue weighted by Crippen LogP contribution is -2.49. The summed E-state index contributed by atoms with van der Waals surface area (Å²) in [5.74, 6) is -0.794. The maximum atomic E-state index is 13.3. The SMILES string of the molecule is CC(C)[C@H](N)C(=O)NCC(=O)NCC1(c2ccc(F)cc2)CCCCC1.Cl. The minimum absolute atomic E-state index is 0. The van der Waals surface area contributed by atoms with Crippen LogP contribution in [0.1, 0.15) is 51.5 Å². The Balaban J connectivity index is 0.00000364. The van der Waals surface area contributed by atoms with Crippen LogP contribution in [0.15, 0.2) is 24.3 Å². The van der Waals surface area contributed by atoms with Crippen LogP contribution in [0.2, 0.25) is 0 Å². The Morgan fingerprint density at radius 2 is 1.70 bits per heavy atom. The Bertz CT molecular complexity index is 616. The van der Waals surface area contributed by atoms with E-state index < -0.39 is 6.04 Å². The van der Waals surface area contributed by atoms with E-state index in [1.54, 1.807) is 0 Å². The molecule has 1 aromatic rings. The number of hydrogen-bond donors (Lipinski definition) is 3. The van der Waals surface area contributed by atoms with Gasteiger partial charge in [0.15, 0.2) is 0 Å². The summed E-state index contributed by atoms with van der Waals surface area (Å²) in [6.45, 7) is 4.13. The van der Waals surface area contributed by atoms with Crippen molar-refractivity contribution in [2.75, 3.05) is 13.1 Å². The van der Waals surface area contributed by atoms with E-state index in [1.807, 2.05) is 26.0 Å². The molecule has 1 fully saturated rings. The van der Waals surface area contributed by atoms with Crippen molar-refractivity contribution in [2.24, 2.45) is 11.7 Å². The highest BCUT2D eigenvalue weighted by molar-refractivity contribution is 5.87. The van der Waals surface area contributed by atoms with Crippen LogP contribution in [0, 0.1) is 11.7 Å². The fraction of sp³-hybridized carbons (Fsp3) is 0.600. The van der Waals surface area contributed by atoms with Crippen molar-refractivity contribution in [2.45, 2.75) is 57.4 Å². The van der Waals surface area contributed by atoms with E-state index >= 15 is 0 Å². The summed E-state index contributed by atoms with van der Waals surface area (Å²) in [4.78, 5) is 24.0. The first kappa shape index (κ1) is 23.4. The molecule has 0 spiro atoms. The smallest absolute Gasteiger partial charge is 0.239 e. The van der Waals surface area contributed by atoms with Gasteiger partial charge in [0.05, 0.1) is 12.6 Å². The first-order chi connectivity index (χ1) is 12.3. The van der Waals surface area contributed by atoms with Gasteiger partial charge in [0, 0.05) is 12.0 Å². The molecule has 0 aliphatic heterocycles. The average Bonchev–Trinajstić information content (AvgIpc) is 2.65. The Hall–Kier alpha value is -1.66. The third kappa shape index (κ3) is 6.47. The summed E-state index contributed by atoms with van der Waals surface area (Å²) in [6.07, 6.45) is 5.29. The maximum Gasteiger partial charge on any atom is 0.239 e. The molecule has 0 saturated heterocycles. The molecule has 4 N–H and O–H groups in total. The maximum absolute atomic E-state index is 13.3. The van der Waals surface area contributed by atoms with Crippen LogP contribution >= 0.6 is 12.4 Å². The molecule has 5 nitrogen and oxygen atoms in total. The fourth-order valence-corrected chi connectivity index (χ4v) is 3.52. The van der Waals surface area contributed by atoms with Crippen molar-refractivity contribution >= 4 is 24.2 Å². The number of halogens is 2. The second-order valence-corrected chi connectivity index (χ2v) is 7.61. The van der Waals surface area contributed by atoms with Gasteiger partial charge in [-0.2, -0.15) is 0 Å². The molecule has 7 heteroatoms. The Morgan fingerprint density at radius 1 is 1.11 bits per heavy atom. The number of amides is 2. The number of carbonyl (C=O) groups excluding carboxylic acids is 2. The average molecular weight is 400 g/mol. The third-order valence-corrected chi connectivity index (χ3v) is 5.34. The van der Waals surface area contributed by atoms with Crippen LogP contribution in [0.3, 0.4) is 0 Å².